The van der Waals surface area contributed by atoms with E-state index in [-0.39, 0.29) is 24.3 Å². The van der Waals surface area contributed by atoms with Crippen molar-refractivity contribution >= 4 is 46.8 Å². The highest BCUT2D eigenvalue weighted by Gasteiger charge is 2.77. The Bertz CT molecular complexity index is 1180. The molecule has 2 unspecified atom stereocenters. The molecule has 0 saturated carbocycles. The summed E-state index contributed by atoms with van der Waals surface area (Å²) in [7, 11) is 1.59. The van der Waals surface area contributed by atoms with Crippen LogP contribution in [0.5, 0.6) is 0 Å². The summed E-state index contributed by atoms with van der Waals surface area (Å²) in [5.74, 6) is -1.89. The normalized spacial score (nSPS) is 31.3. The molecule has 3 aliphatic heterocycles. The van der Waals surface area contributed by atoms with Gasteiger partial charge in [0.1, 0.15) is 6.04 Å². The largest absolute Gasteiger partial charge is 0.394 e. The predicted octanol–water partition coefficient (Wildman–Crippen LogP) is 3.11. The Kier molecular flexibility index (Phi) is 6.55. The quantitative estimate of drug-likeness (QED) is 0.514. The number of carbonyl (C=O) groups excluding carboxylic acids is 3. The van der Waals surface area contributed by atoms with Crippen molar-refractivity contribution in [3.05, 3.63) is 65.2 Å². The Morgan fingerprint density at radius 2 is 1.83 bits per heavy atom. The molecule has 1 spiro atoms. The topological polar surface area (TPSA) is 98.7 Å². The minimum absolute atomic E-state index is 0.174. The molecule has 2 aromatic carbocycles. The molecule has 3 fully saturated rings. The van der Waals surface area contributed by atoms with E-state index in [9.17, 15) is 19.5 Å². The van der Waals surface area contributed by atoms with Crippen LogP contribution >= 0.6 is 23.4 Å². The summed E-state index contributed by atoms with van der Waals surface area (Å²) >= 11 is 7.63. The maximum atomic E-state index is 14.2. The zero-order chi connectivity index (χ0) is 25.7. The number of fused-ring (bicyclic) bond motifs is 1. The number of nitrogens with zero attached hydrogens (tertiary/aromatic N) is 1. The smallest absolute Gasteiger partial charge is 0.248 e. The Hall–Kier alpha value is -2.55. The van der Waals surface area contributed by atoms with Crippen molar-refractivity contribution in [1.29, 1.82) is 0 Å². The van der Waals surface area contributed by atoms with Crippen LogP contribution in [0, 0.1) is 11.8 Å². The molecule has 7 nitrogen and oxygen atoms in total. The number of aliphatic hydroxyl groups excluding tert-OH is 1. The highest BCUT2D eigenvalue weighted by atomic mass is 35.5. The summed E-state index contributed by atoms with van der Waals surface area (Å²) < 4.78 is -1.18. The van der Waals surface area contributed by atoms with Gasteiger partial charge in [-0.1, -0.05) is 41.9 Å². The SMILES string of the molecule is CNC(=O)[C@H]1[C@H]2C(=O)N([C@@H](CO)Cc3ccccc3)C(C(=O)Nc3ccc(Cl)cc3)C23CC[C@]1(C)S3. The number of likely N-dealkylation sites (tertiary alicyclic amines) is 1. The van der Waals surface area contributed by atoms with Crippen LogP contribution in [0.1, 0.15) is 25.3 Å². The third kappa shape index (κ3) is 3.90. The van der Waals surface area contributed by atoms with Gasteiger partial charge in [0.05, 0.1) is 29.2 Å². The first-order valence-electron chi connectivity index (χ1n) is 12.2. The number of rotatable bonds is 7. The molecule has 3 heterocycles. The van der Waals surface area contributed by atoms with Crippen LogP contribution in [0.4, 0.5) is 5.69 Å². The molecular formula is C27H30ClN3O4S. The van der Waals surface area contributed by atoms with Crippen LogP contribution in [0.15, 0.2) is 54.6 Å². The van der Waals surface area contributed by atoms with Crippen molar-refractivity contribution in [2.24, 2.45) is 11.8 Å². The van der Waals surface area contributed by atoms with E-state index < -0.39 is 33.4 Å². The number of amides is 3. The lowest BCUT2D eigenvalue weighted by Gasteiger charge is -2.37. The first-order valence-corrected chi connectivity index (χ1v) is 13.4. The van der Waals surface area contributed by atoms with Crippen molar-refractivity contribution in [2.75, 3.05) is 19.0 Å². The van der Waals surface area contributed by atoms with Crippen molar-refractivity contribution in [3.8, 4) is 0 Å². The molecule has 3 saturated heterocycles. The number of carbonyl (C=O) groups is 3. The second-order valence-corrected chi connectivity index (χ2v) is 12.4. The average molecular weight is 528 g/mol. The molecule has 36 heavy (non-hydrogen) atoms. The zero-order valence-electron chi connectivity index (χ0n) is 20.2. The fourth-order valence-corrected chi connectivity index (χ4v) is 8.96. The lowest BCUT2D eigenvalue weighted by molar-refractivity contribution is -0.142. The molecule has 0 aromatic heterocycles. The highest BCUT2D eigenvalue weighted by Crippen LogP contribution is 2.71. The second kappa shape index (κ2) is 9.39. The van der Waals surface area contributed by atoms with Crippen LogP contribution in [0.3, 0.4) is 0 Å². The lowest BCUT2D eigenvalue weighted by atomic mass is 9.66. The van der Waals surface area contributed by atoms with E-state index >= 15 is 0 Å². The lowest BCUT2D eigenvalue weighted by Crippen LogP contribution is -2.55. The van der Waals surface area contributed by atoms with Gasteiger partial charge in [-0.2, -0.15) is 0 Å². The van der Waals surface area contributed by atoms with Gasteiger partial charge < -0.3 is 20.6 Å². The maximum Gasteiger partial charge on any atom is 0.248 e. The third-order valence-electron chi connectivity index (χ3n) is 8.02. The van der Waals surface area contributed by atoms with Gasteiger partial charge in [-0.15, -0.1) is 11.8 Å². The Morgan fingerprint density at radius 1 is 1.14 bits per heavy atom. The minimum Gasteiger partial charge on any atom is -0.394 e. The van der Waals surface area contributed by atoms with Crippen molar-refractivity contribution < 1.29 is 19.5 Å². The monoisotopic (exact) mass is 527 g/mol. The Morgan fingerprint density at radius 3 is 2.47 bits per heavy atom. The molecule has 0 aliphatic carbocycles. The van der Waals surface area contributed by atoms with E-state index in [0.29, 0.717) is 23.6 Å². The summed E-state index contributed by atoms with van der Waals surface area (Å²) in [6.07, 6.45) is 1.79. The number of hydrogen-bond acceptors (Lipinski definition) is 5. The Labute approximate surface area is 220 Å². The van der Waals surface area contributed by atoms with Crippen LogP contribution in [-0.2, 0) is 20.8 Å². The first kappa shape index (κ1) is 25.1. The number of aliphatic hydroxyl groups is 1. The van der Waals surface area contributed by atoms with E-state index in [1.165, 1.54) is 0 Å². The van der Waals surface area contributed by atoms with E-state index in [2.05, 4.69) is 10.6 Å². The zero-order valence-corrected chi connectivity index (χ0v) is 21.8. The van der Waals surface area contributed by atoms with Gasteiger partial charge >= 0.3 is 0 Å². The van der Waals surface area contributed by atoms with Crippen LogP contribution in [0.2, 0.25) is 5.02 Å². The summed E-state index contributed by atoms with van der Waals surface area (Å²) in [6.45, 7) is 1.74. The molecule has 3 aliphatic rings. The predicted molar refractivity (Wildman–Crippen MR) is 141 cm³/mol. The molecule has 2 bridgehead atoms. The van der Waals surface area contributed by atoms with Gasteiger partial charge in [-0.25, -0.2) is 0 Å². The minimum atomic E-state index is -0.826. The number of hydrogen-bond donors (Lipinski definition) is 3. The molecule has 2 aromatic rings. The number of nitrogens with one attached hydrogen (secondary N) is 2. The van der Waals surface area contributed by atoms with Gasteiger partial charge in [0.25, 0.3) is 0 Å². The fourth-order valence-electron chi connectivity index (χ4n) is 6.49. The summed E-state index contributed by atoms with van der Waals surface area (Å²) in [6, 6.07) is 15.0. The van der Waals surface area contributed by atoms with Gasteiger partial charge in [-0.3, -0.25) is 14.4 Å². The third-order valence-corrected chi connectivity index (χ3v) is 10.3. The molecule has 0 radical (unpaired) electrons. The molecule has 9 heteroatoms. The molecule has 6 atom stereocenters. The molecule has 190 valence electrons. The Balaban J connectivity index is 1.56. The fraction of sp³-hybridized carbons (Fsp3) is 0.444. The molecular weight excluding hydrogens is 498 g/mol. The van der Waals surface area contributed by atoms with Crippen molar-refractivity contribution in [2.45, 2.75) is 47.8 Å². The maximum absolute atomic E-state index is 14.2. The van der Waals surface area contributed by atoms with Gasteiger partial charge in [0, 0.05) is 22.5 Å². The molecule has 5 rings (SSSR count). The standard InChI is InChI=1S/C27H30ClN3O4S/c1-26-12-13-27(36-26)21(20(26)23(33)29-2)25(35)31(19(15-32)14-16-6-4-3-5-7-16)22(27)24(34)30-18-10-8-17(28)9-11-18/h3-11,19-22,32H,12-15H2,1-2H3,(H,29,33)(H,30,34)/t19-,20-,21+,22?,26+,27?/m1/s1. The highest BCUT2D eigenvalue weighted by molar-refractivity contribution is 8.02. The number of anilines is 1. The average Bonchev–Trinajstić information content (AvgIpc) is 3.45. The van der Waals surface area contributed by atoms with Crippen molar-refractivity contribution in [1.82, 2.24) is 10.2 Å². The van der Waals surface area contributed by atoms with E-state index in [4.69, 9.17) is 11.6 Å². The summed E-state index contributed by atoms with van der Waals surface area (Å²) in [5, 5.41) is 16.7. The summed E-state index contributed by atoms with van der Waals surface area (Å²) in [4.78, 5) is 42.8. The van der Waals surface area contributed by atoms with Crippen molar-refractivity contribution in [3.63, 3.8) is 0 Å². The van der Waals surface area contributed by atoms with E-state index in [1.807, 2.05) is 37.3 Å². The van der Waals surface area contributed by atoms with Crippen LogP contribution in [0.25, 0.3) is 0 Å². The van der Waals surface area contributed by atoms with Crippen LogP contribution in [-0.4, -0.2) is 63.0 Å². The van der Waals surface area contributed by atoms with Gasteiger partial charge in [-0.05, 0) is 56.0 Å². The van der Waals surface area contributed by atoms with Crippen LogP contribution < -0.4 is 10.6 Å². The van der Waals surface area contributed by atoms with Gasteiger partial charge in [0.15, 0.2) is 0 Å². The number of thioether (sulfide) groups is 1. The number of benzene rings is 2. The molecule has 3 amide bonds. The molecule has 3 N–H and O–H groups in total. The van der Waals surface area contributed by atoms with E-state index in [1.54, 1.807) is 48.0 Å². The summed E-state index contributed by atoms with van der Waals surface area (Å²) in [5.41, 5.74) is 1.54. The number of halogens is 1. The second-order valence-electron chi connectivity index (χ2n) is 10.1. The van der Waals surface area contributed by atoms with E-state index in [0.717, 1.165) is 12.0 Å². The first-order chi connectivity index (χ1) is 17.2. The van der Waals surface area contributed by atoms with Gasteiger partial charge in [0.2, 0.25) is 17.7 Å².